The normalized spacial score (nSPS) is 23.8. The van der Waals surface area contributed by atoms with Crippen molar-refractivity contribution in [1.29, 1.82) is 0 Å². The van der Waals surface area contributed by atoms with Gasteiger partial charge in [-0.25, -0.2) is 0 Å². The number of hydrogen-bond donors (Lipinski definition) is 2. The van der Waals surface area contributed by atoms with Crippen molar-refractivity contribution >= 4 is 0 Å². The Kier molecular flexibility index (Phi) is 7.81. The highest BCUT2D eigenvalue weighted by Crippen LogP contribution is 2.50. The van der Waals surface area contributed by atoms with Crippen molar-refractivity contribution in [2.24, 2.45) is 17.8 Å². The number of aromatic hydroxyl groups is 2. The molecule has 0 aromatic heterocycles. The first-order chi connectivity index (χ1) is 15.6. The summed E-state index contributed by atoms with van der Waals surface area (Å²) in [6.45, 7) is 2.30. The molecule has 2 fully saturated rings. The molecule has 2 N–H and O–H groups in total. The van der Waals surface area contributed by atoms with E-state index in [1.165, 1.54) is 81.8 Å². The van der Waals surface area contributed by atoms with Crippen LogP contribution in [0, 0.1) is 17.8 Å². The molecule has 0 aliphatic heterocycles. The summed E-state index contributed by atoms with van der Waals surface area (Å²) in [5.41, 5.74) is 2.60. The lowest BCUT2D eigenvalue weighted by Crippen LogP contribution is -2.35. The van der Waals surface area contributed by atoms with E-state index < -0.39 is 0 Å². The highest BCUT2D eigenvalue weighted by atomic mass is 16.3. The van der Waals surface area contributed by atoms with Gasteiger partial charge in [0.15, 0.2) is 0 Å². The van der Waals surface area contributed by atoms with Crippen LogP contribution >= 0.6 is 0 Å². The quantitative estimate of drug-likeness (QED) is 0.410. The molecule has 0 spiro atoms. The van der Waals surface area contributed by atoms with Gasteiger partial charge in [0.05, 0.1) is 0 Å². The van der Waals surface area contributed by atoms with Crippen molar-refractivity contribution in [3.8, 4) is 11.5 Å². The Labute approximate surface area is 195 Å². The lowest BCUT2D eigenvalue weighted by molar-refractivity contribution is 0.140. The lowest BCUT2D eigenvalue weighted by Gasteiger charge is -2.44. The topological polar surface area (TPSA) is 40.5 Å². The van der Waals surface area contributed by atoms with Crippen LogP contribution in [0.15, 0.2) is 48.5 Å². The Balaban J connectivity index is 1.39. The Morgan fingerprint density at radius 2 is 1.16 bits per heavy atom. The number of phenolic OH excluding ortho intramolecular Hbond substituents is 2. The Hall–Kier alpha value is -1.96. The molecule has 0 saturated heterocycles. The number of phenols is 2. The summed E-state index contributed by atoms with van der Waals surface area (Å²) in [5, 5.41) is 19.7. The molecule has 0 radical (unpaired) electrons. The average Bonchev–Trinajstić information content (AvgIpc) is 2.83. The van der Waals surface area contributed by atoms with Crippen molar-refractivity contribution in [2.75, 3.05) is 0 Å². The molecule has 2 aromatic carbocycles. The molecule has 0 unspecified atom stereocenters. The molecule has 0 heterocycles. The lowest BCUT2D eigenvalue weighted by atomic mass is 9.60. The van der Waals surface area contributed by atoms with Gasteiger partial charge in [0.1, 0.15) is 11.5 Å². The zero-order valence-corrected chi connectivity index (χ0v) is 19.9. The maximum atomic E-state index is 9.83. The van der Waals surface area contributed by atoms with Crippen LogP contribution in [-0.2, 0) is 5.41 Å². The second-order valence-electron chi connectivity index (χ2n) is 10.6. The third kappa shape index (κ3) is 5.33. The fourth-order valence-electron chi connectivity index (χ4n) is 6.72. The van der Waals surface area contributed by atoms with Gasteiger partial charge < -0.3 is 10.2 Å². The van der Waals surface area contributed by atoms with Crippen LogP contribution in [-0.4, -0.2) is 10.2 Å². The number of unbranched alkanes of at least 4 members (excludes halogenated alkanes) is 3. The summed E-state index contributed by atoms with van der Waals surface area (Å²) >= 11 is 0. The predicted molar refractivity (Wildman–Crippen MR) is 133 cm³/mol. The molecule has 2 heteroatoms. The largest absolute Gasteiger partial charge is 0.508 e. The highest BCUT2D eigenvalue weighted by Gasteiger charge is 2.40. The van der Waals surface area contributed by atoms with E-state index in [1.54, 1.807) is 0 Å². The first-order valence-corrected chi connectivity index (χ1v) is 13.2. The van der Waals surface area contributed by atoms with Gasteiger partial charge in [-0.05, 0) is 91.7 Å². The van der Waals surface area contributed by atoms with Crippen LogP contribution in [0.3, 0.4) is 0 Å². The van der Waals surface area contributed by atoms with Gasteiger partial charge in [-0.15, -0.1) is 0 Å². The molecule has 174 valence electrons. The van der Waals surface area contributed by atoms with E-state index in [9.17, 15) is 10.2 Å². The summed E-state index contributed by atoms with van der Waals surface area (Å²) in [4.78, 5) is 0. The van der Waals surface area contributed by atoms with Crippen LogP contribution in [0.4, 0.5) is 0 Å². The van der Waals surface area contributed by atoms with Gasteiger partial charge >= 0.3 is 0 Å². The second kappa shape index (κ2) is 10.8. The Morgan fingerprint density at radius 3 is 1.66 bits per heavy atom. The highest BCUT2D eigenvalue weighted by molar-refractivity contribution is 5.43. The molecule has 0 amide bonds. The van der Waals surface area contributed by atoms with E-state index >= 15 is 0 Å². The van der Waals surface area contributed by atoms with Gasteiger partial charge in [-0.3, -0.25) is 0 Å². The molecule has 0 atom stereocenters. The van der Waals surface area contributed by atoms with Crippen molar-refractivity contribution in [2.45, 2.75) is 95.8 Å². The van der Waals surface area contributed by atoms with E-state index in [1.807, 2.05) is 24.3 Å². The van der Waals surface area contributed by atoms with Gasteiger partial charge in [-0.2, -0.15) is 0 Å². The smallest absolute Gasteiger partial charge is 0.115 e. The zero-order chi connectivity index (χ0) is 22.4. The summed E-state index contributed by atoms with van der Waals surface area (Å²) in [5.74, 6) is 3.42. The van der Waals surface area contributed by atoms with E-state index in [4.69, 9.17) is 0 Å². The summed E-state index contributed by atoms with van der Waals surface area (Å²) in [6, 6.07) is 15.7. The minimum absolute atomic E-state index is 0.00558. The van der Waals surface area contributed by atoms with E-state index in [-0.39, 0.29) is 5.41 Å². The van der Waals surface area contributed by atoms with E-state index in [0.29, 0.717) is 11.5 Å². The Morgan fingerprint density at radius 1 is 0.656 bits per heavy atom. The predicted octanol–water partition coefficient (Wildman–Crippen LogP) is 8.35. The average molecular weight is 435 g/mol. The molecule has 0 bridgehead atoms. The molecular weight excluding hydrogens is 392 g/mol. The van der Waals surface area contributed by atoms with Crippen molar-refractivity contribution in [1.82, 2.24) is 0 Å². The molecular formula is C30H42O2. The van der Waals surface area contributed by atoms with Crippen LogP contribution in [0.25, 0.3) is 0 Å². The van der Waals surface area contributed by atoms with Gasteiger partial charge in [0.2, 0.25) is 0 Å². The maximum Gasteiger partial charge on any atom is 0.115 e. The first-order valence-electron chi connectivity index (χ1n) is 13.2. The summed E-state index contributed by atoms with van der Waals surface area (Å²) in [6.07, 6.45) is 17.7. The van der Waals surface area contributed by atoms with Crippen LogP contribution in [0.5, 0.6) is 11.5 Å². The third-order valence-electron chi connectivity index (χ3n) is 8.75. The van der Waals surface area contributed by atoms with E-state index in [0.717, 1.165) is 30.6 Å². The standard InChI is InChI=1S/C30H42O2/c1-2-3-4-5-6-23-7-9-24(10-8-23)25-19-21-30(22-20-25,26-11-15-28(31)16-12-26)27-13-17-29(32)18-14-27/h11-18,23-25,31-32H,2-10,19-22H2,1H3. The summed E-state index contributed by atoms with van der Waals surface area (Å²) < 4.78 is 0. The molecule has 2 aliphatic rings. The molecule has 2 aromatic rings. The minimum Gasteiger partial charge on any atom is -0.508 e. The third-order valence-corrected chi connectivity index (χ3v) is 8.75. The molecule has 2 nitrogen and oxygen atoms in total. The number of benzene rings is 2. The Bertz CT molecular complexity index is 759. The fourth-order valence-corrected chi connectivity index (χ4v) is 6.72. The SMILES string of the molecule is CCCCCCC1CCC(C2CCC(c3ccc(O)cc3)(c3ccc(O)cc3)CC2)CC1. The van der Waals surface area contributed by atoms with Gasteiger partial charge in [0, 0.05) is 5.41 Å². The van der Waals surface area contributed by atoms with Crippen LogP contribution in [0.2, 0.25) is 0 Å². The second-order valence-corrected chi connectivity index (χ2v) is 10.6. The minimum atomic E-state index is -0.00558. The number of hydrogen-bond acceptors (Lipinski definition) is 2. The zero-order valence-electron chi connectivity index (χ0n) is 19.9. The fraction of sp³-hybridized carbons (Fsp3) is 0.600. The van der Waals surface area contributed by atoms with Crippen LogP contribution in [0.1, 0.15) is 102 Å². The first kappa shape index (κ1) is 23.2. The monoisotopic (exact) mass is 434 g/mol. The maximum absolute atomic E-state index is 9.83. The van der Waals surface area contributed by atoms with E-state index in [2.05, 4.69) is 31.2 Å². The summed E-state index contributed by atoms with van der Waals surface area (Å²) in [7, 11) is 0. The molecule has 2 saturated carbocycles. The molecule has 32 heavy (non-hydrogen) atoms. The van der Waals surface area contributed by atoms with Gasteiger partial charge in [0.25, 0.3) is 0 Å². The van der Waals surface area contributed by atoms with Crippen molar-refractivity contribution in [3.05, 3.63) is 59.7 Å². The molecule has 2 aliphatic carbocycles. The van der Waals surface area contributed by atoms with Crippen molar-refractivity contribution < 1.29 is 10.2 Å². The number of rotatable bonds is 8. The van der Waals surface area contributed by atoms with Crippen LogP contribution < -0.4 is 0 Å². The van der Waals surface area contributed by atoms with Gasteiger partial charge in [-0.1, -0.05) is 76.1 Å². The molecule has 4 rings (SSSR count). The van der Waals surface area contributed by atoms with Crippen molar-refractivity contribution in [3.63, 3.8) is 0 Å².